The van der Waals surface area contributed by atoms with Gasteiger partial charge in [0.15, 0.2) is 6.17 Å². The number of carboxylic acids is 1. The Bertz CT molecular complexity index is 1540. The number of nitrogens with one attached hydrogen (secondary N) is 1. The molecule has 3 aromatic rings. The van der Waals surface area contributed by atoms with Gasteiger partial charge < -0.3 is 15.3 Å². The minimum Gasteiger partial charge on any atom is -0.481 e. The van der Waals surface area contributed by atoms with Gasteiger partial charge in [-0.25, -0.2) is 8.42 Å². The predicted molar refractivity (Wildman–Crippen MR) is 148 cm³/mol. The quantitative estimate of drug-likeness (QED) is 0.398. The first-order valence-electron chi connectivity index (χ1n) is 12.3. The number of rotatable bonds is 8. The molecule has 10 nitrogen and oxygen atoms in total. The number of nitrogens with zero attached hydrogens (tertiary/aromatic N) is 3. The smallest absolute Gasteiger partial charge is 0.305 e. The number of amides is 2. The highest BCUT2D eigenvalue weighted by Crippen LogP contribution is 2.30. The fourth-order valence-electron chi connectivity index (χ4n) is 4.53. The first-order valence-corrected chi connectivity index (χ1v) is 14.5. The molecule has 2 atom stereocenters. The highest BCUT2D eigenvalue weighted by Gasteiger charge is 2.45. The van der Waals surface area contributed by atoms with Crippen molar-refractivity contribution in [3.8, 4) is 0 Å². The summed E-state index contributed by atoms with van der Waals surface area (Å²) in [6.45, 7) is 1.83. The molecule has 1 aliphatic heterocycles. The molecule has 2 unspecified atom stereocenters. The van der Waals surface area contributed by atoms with Crippen molar-refractivity contribution in [1.29, 1.82) is 0 Å². The van der Waals surface area contributed by atoms with Gasteiger partial charge in [-0.15, -0.1) is 0 Å². The molecular formula is C27H26Cl2N4O6S. The fourth-order valence-corrected chi connectivity index (χ4v) is 6.51. The van der Waals surface area contributed by atoms with E-state index in [9.17, 15) is 27.9 Å². The molecule has 1 aromatic heterocycles. The number of halogens is 2. The second-order valence-corrected chi connectivity index (χ2v) is 11.9. The number of sulfonamides is 1. The summed E-state index contributed by atoms with van der Waals surface area (Å²) in [5.74, 6) is -2.60. The van der Waals surface area contributed by atoms with Gasteiger partial charge in [0.25, 0.3) is 11.8 Å². The number of carbonyl (C=O) groups excluding carboxylic acids is 2. The highest BCUT2D eigenvalue weighted by molar-refractivity contribution is 7.89. The van der Waals surface area contributed by atoms with E-state index in [2.05, 4.69) is 10.3 Å². The maximum Gasteiger partial charge on any atom is 0.305 e. The van der Waals surface area contributed by atoms with Crippen molar-refractivity contribution in [2.75, 3.05) is 13.1 Å². The van der Waals surface area contributed by atoms with Gasteiger partial charge in [0.05, 0.1) is 27.4 Å². The van der Waals surface area contributed by atoms with Gasteiger partial charge in [0, 0.05) is 31.0 Å². The minimum atomic E-state index is -4.37. The van der Waals surface area contributed by atoms with E-state index in [4.69, 9.17) is 23.2 Å². The number of carboxylic acid groups (broad SMARTS) is 1. The van der Waals surface area contributed by atoms with Gasteiger partial charge in [0.2, 0.25) is 10.0 Å². The van der Waals surface area contributed by atoms with Crippen molar-refractivity contribution in [2.24, 2.45) is 0 Å². The Hall–Kier alpha value is -3.51. The van der Waals surface area contributed by atoms with Gasteiger partial charge in [-0.05, 0) is 49.2 Å². The molecule has 0 aliphatic carbocycles. The zero-order valence-corrected chi connectivity index (χ0v) is 23.7. The average Bonchev–Trinajstić information content (AvgIpc) is 2.93. The topological polar surface area (TPSA) is 137 Å². The number of hydrogen-bond acceptors (Lipinski definition) is 6. The predicted octanol–water partition coefficient (Wildman–Crippen LogP) is 3.89. The summed E-state index contributed by atoms with van der Waals surface area (Å²) >= 11 is 12.1. The third-order valence-corrected chi connectivity index (χ3v) is 8.99. The van der Waals surface area contributed by atoms with Gasteiger partial charge in [-0.2, -0.15) is 4.31 Å². The molecule has 13 heteroatoms. The number of carbonyl (C=O) groups is 3. The molecule has 1 saturated heterocycles. The summed E-state index contributed by atoms with van der Waals surface area (Å²) in [6, 6.07) is 12.7. The van der Waals surface area contributed by atoms with Gasteiger partial charge in [-0.1, -0.05) is 53.0 Å². The third kappa shape index (κ3) is 6.44. The Kier molecular flexibility index (Phi) is 9.09. The van der Waals surface area contributed by atoms with Crippen LogP contribution in [-0.2, 0) is 19.6 Å². The number of aryl methyl sites for hydroxylation is 1. The number of aliphatic carboxylic acids is 1. The van der Waals surface area contributed by atoms with E-state index in [0.717, 1.165) is 14.8 Å². The van der Waals surface area contributed by atoms with Gasteiger partial charge in [0.1, 0.15) is 0 Å². The molecule has 2 N–H and O–H groups in total. The van der Waals surface area contributed by atoms with Crippen molar-refractivity contribution < 1.29 is 27.9 Å². The number of aromatic nitrogens is 1. The SMILES string of the molecule is Cc1cccc(C(CC(=O)O)NC(=O)C2N(C(=O)c3ccncc3)CCCN2S(=O)(=O)c2ccc(Cl)c(Cl)c2)c1. The Morgan fingerprint density at radius 3 is 2.42 bits per heavy atom. The number of pyridine rings is 1. The lowest BCUT2D eigenvalue weighted by molar-refractivity contribution is -0.138. The number of benzene rings is 2. The van der Waals surface area contributed by atoms with Crippen LogP contribution in [0.5, 0.6) is 0 Å². The molecule has 0 saturated carbocycles. The summed E-state index contributed by atoms with van der Waals surface area (Å²) in [4.78, 5) is 44.1. The largest absolute Gasteiger partial charge is 0.481 e. The fraction of sp³-hybridized carbons (Fsp3) is 0.259. The monoisotopic (exact) mass is 604 g/mol. The van der Waals surface area contributed by atoms with Crippen LogP contribution in [0, 0.1) is 6.92 Å². The molecule has 0 radical (unpaired) electrons. The van der Waals surface area contributed by atoms with E-state index < -0.39 is 46.4 Å². The van der Waals surface area contributed by atoms with Crippen LogP contribution in [0.25, 0.3) is 0 Å². The van der Waals surface area contributed by atoms with Crippen LogP contribution in [0.3, 0.4) is 0 Å². The molecule has 210 valence electrons. The molecular weight excluding hydrogens is 579 g/mol. The maximum atomic E-state index is 13.9. The van der Waals surface area contributed by atoms with Crippen molar-refractivity contribution in [1.82, 2.24) is 19.5 Å². The molecule has 2 aromatic carbocycles. The highest BCUT2D eigenvalue weighted by atomic mass is 35.5. The zero-order valence-electron chi connectivity index (χ0n) is 21.3. The zero-order chi connectivity index (χ0) is 29.0. The second-order valence-electron chi connectivity index (χ2n) is 9.23. The summed E-state index contributed by atoms with van der Waals surface area (Å²) in [6.07, 6.45) is 1.00. The van der Waals surface area contributed by atoms with E-state index in [-0.39, 0.29) is 40.0 Å². The molecule has 0 spiro atoms. The first-order chi connectivity index (χ1) is 19.0. The van der Waals surface area contributed by atoms with E-state index >= 15 is 0 Å². The summed E-state index contributed by atoms with van der Waals surface area (Å²) in [7, 11) is -4.37. The van der Waals surface area contributed by atoms with E-state index in [1.165, 1.54) is 42.7 Å². The lowest BCUT2D eigenvalue weighted by atomic mass is 10.0. The Labute approximate surface area is 241 Å². The molecule has 1 aliphatic rings. The second kappa shape index (κ2) is 12.3. The van der Waals surface area contributed by atoms with E-state index in [0.29, 0.717) is 5.56 Å². The van der Waals surface area contributed by atoms with Crippen LogP contribution in [0.1, 0.15) is 40.4 Å². The van der Waals surface area contributed by atoms with Gasteiger partial charge >= 0.3 is 5.97 Å². The third-order valence-electron chi connectivity index (χ3n) is 6.41. The molecule has 2 heterocycles. The van der Waals surface area contributed by atoms with Crippen LogP contribution in [0.4, 0.5) is 0 Å². The van der Waals surface area contributed by atoms with Crippen LogP contribution < -0.4 is 5.32 Å². The van der Waals surface area contributed by atoms with Crippen molar-refractivity contribution >= 4 is 51.0 Å². The average molecular weight is 606 g/mol. The van der Waals surface area contributed by atoms with E-state index in [1.54, 1.807) is 18.2 Å². The lowest BCUT2D eigenvalue weighted by Gasteiger charge is -2.42. The Morgan fingerprint density at radius 2 is 1.77 bits per heavy atom. The summed E-state index contributed by atoms with van der Waals surface area (Å²) < 4.78 is 28.6. The van der Waals surface area contributed by atoms with Crippen molar-refractivity contribution in [3.63, 3.8) is 0 Å². The van der Waals surface area contributed by atoms with Gasteiger partial charge in [-0.3, -0.25) is 19.4 Å². The Balaban J connectivity index is 1.77. The summed E-state index contributed by atoms with van der Waals surface area (Å²) in [5, 5.41) is 12.4. The number of hydrogen-bond donors (Lipinski definition) is 2. The van der Waals surface area contributed by atoms with Crippen LogP contribution in [-0.4, -0.2) is 64.8 Å². The molecule has 40 heavy (non-hydrogen) atoms. The first kappa shape index (κ1) is 29.5. The minimum absolute atomic E-state index is 0.00596. The van der Waals surface area contributed by atoms with Crippen LogP contribution >= 0.6 is 23.2 Å². The molecule has 4 rings (SSSR count). The summed E-state index contributed by atoms with van der Waals surface area (Å²) in [5.41, 5.74) is 1.58. The van der Waals surface area contributed by atoms with Crippen LogP contribution in [0.2, 0.25) is 10.0 Å². The standard InChI is InChI=1S/C27H26Cl2N4O6S/c1-17-4-2-5-19(14-17)23(16-24(34)35)31-25(36)26-32(27(37)18-8-10-30-11-9-18)12-3-13-33(26)40(38,39)20-6-7-21(28)22(29)15-20/h2,4-11,14-15,23,26H,3,12-13,16H2,1H3,(H,31,36)(H,34,35). The Morgan fingerprint density at radius 1 is 1.05 bits per heavy atom. The van der Waals surface area contributed by atoms with Crippen molar-refractivity contribution in [3.05, 3.63) is 93.7 Å². The lowest BCUT2D eigenvalue weighted by Crippen LogP contribution is -2.63. The molecule has 2 amide bonds. The van der Waals surface area contributed by atoms with E-state index in [1.807, 2.05) is 13.0 Å². The van der Waals surface area contributed by atoms with Crippen LogP contribution in [0.15, 0.2) is 71.9 Å². The normalized spacial score (nSPS) is 16.8. The maximum absolute atomic E-state index is 13.9. The molecule has 0 bridgehead atoms. The van der Waals surface area contributed by atoms with Crippen molar-refractivity contribution in [2.45, 2.75) is 36.9 Å². The molecule has 1 fully saturated rings.